The molecule has 0 amide bonds. The summed E-state index contributed by atoms with van der Waals surface area (Å²) in [6, 6.07) is 7.73. The predicted octanol–water partition coefficient (Wildman–Crippen LogP) is 2.53. The van der Waals surface area contributed by atoms with Crippen molar-refractivity contribution < 1.29 is 0 Å². The van der Waals surface area contributed by atoms with Gasteiger partial charge in [-0.1, -0.05) is 6.07 Å². The average molecular weight is 252 g/mol. The summed E-state index contributed by atoms with van der Waals surface area (Å²) in [5.41, 5.74) is 8.49. The Balaban J connectivity index is 2.57. The van der Waals surface area contributed by atoms with Crippen molar-refractivity contribution in [3.8, 4) is 5.69 Å². The zero-order valence-electron chi connectivity index (χ0n) is 7.74. The van der Waals surface area contributed by atoms with E-state index in [0.717, 1.165) is 15.9 Å². The van der Waals surface area contributed by atoms with Crippen molar-refractivity contribution >= 4 is 21.6 Å². The van der Waals surface area contributed by atoms with Crippen LogP contribution in [0.1, 0.15) is 5.69 Å². The van der Waals surface area contributed by atoms with Crippen molar-refractivity contribution in [3.05, 3.63) is 40.6 Å². The van der Waals surface area contributed by atoms with Gasteiger partial charge in [-0.15, -0.1) is 0 Å². The minimum Gasteiger partial charge on any atom is -0.396 e. The first-order valence-electron chi connectivity index (χ1n) is 4.25. The number of hydrogen-bond acceptors (Lipinski definition) is 2. The highest BCUT2D eigenvalue weighted by atomic mass is 79.9. The summed E-state index contributed by atoms with van der Waals surface area (Å²) in [7, 11) is 0. The van der Waals surface area contributed by atoms with Crippen LogP contribution in [0.2, 0.25) is 0 Å². The Hall–Kier alpha value is -1.29. The largest absolute Gasteiger partial charge is 0.396 e. The van der Waals surface area contributed by atoms with E-state index in [2.05, 4.69) is 21.0 Å². The second kappa shape index (κ2) is 3.46. The molecule has 0 saturated heterocycles. The lowest BCUT2D eigenvalue weighted by Gasteiger charge is -2.06. The molecule has 0 radical (unpaired) electrons. The SMILES string of the molecule is Cc1ccn(-c2cccc(Br)c2N)n1. The fraction of sp³-hybridized carbons (Fsp3) is 0.100. The molecule has 2 N–H and O–H groups in total. The van der Waals surface area contributed by atoms with Crippen LogP contribution in [0.3, 0.4) is 0 Å². The number of anilines is 1. The molecule has 0 aliphatic heterocycles. The Bertz CT molecular complexity index is 462. The van der Waals surface area contributed by atoms with Crippen molar-refractivity contribution in [3.63, 3.8) is 0 Å². The monoisotopic (exact) mass is 251 g/mol. The first-order valence-corrected chi connectivity index (χ1v) is 5.04. The lowest BCUT2D eigenvalue weighted by molar-refractivity contribution is 0.864. The number of para-hydroxylation sites is 1. The van der Waals surface area contributed by atoms with Crippen molar-refractivity contribution in [2.45, 2.75) is 6.92 Å². The molecule has 1 aromatic carbocycles. The number of halogens is 1. The smallest absolute Gasteiger partial charge is 0.0886 e. The van der Waals surface area contributed by atoms with Crippen LogP contribution in [0.25, 0.3) is 5.69 Å². The number of benzene rings is 1. The molecule has 0 aliphatic carbocycles. The molecule has 2 aromatic rings. The summed E-state index contributed by atoms with van der Waals surface area (Å²) in [4.78, 5) is 0. The van der Waals surface area contributed by atoms with Crippen molar-refractivity contribution in [2.75, 3.05) is 5.73 Å². The predicted molar refractivity (Wildman–Crippen MR) is 60.4 cm³/mol. The topological polar surface area (TPSA) is 43.8 Å². The lowest BCUT2D eigenvalue weighted by atomic mass is 10.3. The fourth-order valence-corrected chi connectivity index (χ4v) is 1.63. The zero-order chi connectivity index (χ0) is 10.1. The number of hydrogen-bond donors (Lipinski definition) is 1. The number of nitrogen functional groups attached to an aromatic ring is 1. The maximum atomic E-state index is 5.92. The standard InChI is InChI=1S/C10H10BrN3/c1-7-5-6-14(13-7)9-4-2-3-8(11)10(9)12/h2-6H,12H2,1H3. The van der Waals surface area contributed by atoms with Gasteiger partial charge in [-0.3, -0.25) is 0 Å². The van der Waals surface area contributed by atoms with Gasteiger partial charge in [0.15, 0.2) is 0 Å². The molecule has 0 fully saturated rings. The molecule has 1 heterocycles. The number of nitrogens with two attached hydrogens (primary N) is 1. The molecular weight excluding hydrogens is 242 g/mol. The maximum absolute atomic E-state index is 5.92. The van der Waals surface area contributed by atoms with E-state index in [4.69, 9.17) is 5.73 Å². The summed E-state index contributed by atoms with van der Waals surface area (Å²) in [5.74, 6) is 0. The summed E-state index contributed by atoms with van der Waals surface area (Å²) in [6.45, 7) is 1.95. The van der Waals surface area contributed by atoms with E-state index >= 15 is 0 Å². The molecule has 0 bridgehead atoms. The summed E-state index contributed by atoms with van der Waals surface area (Å²) in [6.07, 6.45) is 1.90. The van der Waals surface area contributed by atoms with Gasteiger partial charge in [0.2, 0.25) is 0 Å². The Morgan fingerprint density at radius 3 is 2.79 bits per heavy atom. The first kappa shape index (κ1) is 9.27. The number of nitrogens with zero attached hydrogens (tertiary/aromatic N) is 2. The molecule has 0 spiro atoms. The molecule has 2 rings (SSSR count). The molecule has 0 aliphatic rings. The first-order chi connectivity index (χ1) is 6.68. The van der Waals surface area contributed by atoms with Gasteiger partial charge in [0.25, 0.3) is 0 Å². The van der Waals surface area contributed by atoms with Crippen LogP contribution < -0.4 is 5.73 Å². The van der Waals surface area contributed by atoms with E-state index in [9.17, 15) is 0 Å². The van der Waals surface area contributed by atoms with Crippen LogP contribution in [0.5, 0.6) is 0 Å². The van der Waals surface area contributed by atoms with E-state index in [1.807, 2.05) is 37.4 Å². The van der Waals surface area contributed by atoms with E-state index in [1.54, 1.807) is 4.68 Å². The van der Waals surface area contributed by atoms with Gasteiger partial charge in [-0.25, -0.2) is 4.68 Å². The number of rotatable bonds is 1. The summed E-state index contributed by atoms with van der Waals surface area (Å²) >= 11 is 3.38. The normalized spacial score (nSPS) is 10.4. The second-order valence-electron chi connectivity index (χ2n) is 3.07. The van der Waals surface area contributed by atoms with Gasteiger partial charge in [0, 0.05) is 10.7 Å². The van der Waals surface area contributed by atoms with Crippen LogP contribution in [-0.4, -0.2) is 9.78 Å². The molecular formula is C10H10BrN3. The van der Waals surface area contributed by atoms with Crippen molar-refractivity contribution in [2.24, 2.45) is 0 Å². The third-order valence-electron chi connectivity index (χ3n) is 2.00. The third-order valence-corrected chi connectivity index (χ3v) is 2.69. The number of aryl methyl sites for hydroxylation is 1. The highest BCUT2D eigenvalue weighted by molar-refractivity contribution is 9.10. The average Bonchev–Trinajstić information content (AvgIpc) is 2.57. The fourth-order valence-electron chi connectivity index (χ4n) is 1.27. The van der Waals surface area contributed by atoms with Gasteiger partial charge < -0.3 is 5.73 Å². The highest BCUT2D eigenvalue weighted by Crippen LogP contribution is 2.25. The van der Waals surface area contributed by atoms with Gasteiger partial charge in [0.05, 0.1) is 17.1 Å². The van der Waals surface area contributed by atoms with Gasteiger partial charge in [-0.2, -0.15) is 5.10 Å². The highest BCUT2D eigenvalue weighted by Gasteiger charge is 2.04. The minimum absolute atomic E-state index is 0.704. The van der Waals surface area contributed by atoms with Gasteiger partial charge in [-0.05, 0) is 41.1 Å². The van der Waals surface area contributed by atoms with Crippen LogP contribution in [-0.2, 0) is 0 Å². The third kappa shape index (κ3) is 1.53. The van der Waals surface area contributed by atoms with Crippen molar-refractivity contribution in [1.29, 1.82) is 0 Å². The Morgan fingerprint density at radius 1 is 1.36 bits per heavy atom. The molecule has 0 atom stereocenters. The van der Waals surface area contributed by atoms with E-state index in [1.165, 1.54) is 0 Å². The van der Waals surface area contributed by atoms with Crippen LogP contribution in [0, 0.1) is 6.92 Å². The van der Waals surface area contributed by atoms with Gasteiger partial charge in [0.1, 0.15) is 0 Å². The van der Waals surface area contributed by atoms with Crippen LogP contribution in [0.15, 0.2) is 34.9 Å². The van der Waals surface area contributed by atoms with E-state index in [0.29, 0.717) is 5.69 Å². The Morgan fingerprint density at radius 2 is 2.14 bits per heavy atom. The lowest BCUT2D eigenvalue weighted by Crippen LogP contribution is -2.00. The summed E-state index contributed by atoms with van der Waals surface area (Å²) < 4.78 is 2.67. The zero-order valence-corrected chi connectivity index (χ0v) is 9.32. The molecule has 72 valence electrons. The quantitative estimate of drug-likeness (QED) is 0.792. The molecule has 3 nitrogen and oxygen atoms in total. The van der Waals surface area contributed by atoms with Gasteiger partial charge >= 0.3 is 0 Å². The molecule has 0 saturated carbocycles. The molecule has 1 aromatic heterocycles. The van der Waals surface area contributed by atoms with E-state index < -0.39 is 0 Å². The summed E-state index contributed by atoms with van der Waals surface area (Å²) in [5, 5.41) is 4.30. The molecule has 4 heteroatoms. The van der Waals surface area contributed by atoms with Crippen molar-refractivity contribution in [1.82, 2.24) is 9.78 Å². The minimum atomic E-state index is 0.704. The van der Waals surface area contributed by atoms with Crippen LogP contribution >= 0.6 is 15.9 Å². The van der Waals surface area contributed by atoms with E-state index in [-0.39, 0.29) is 0 Å². The molecule has 0 unspecified atom stereocenters. The molecule has 14 heavy (non-hydrogen) atoms. The number of aromatic nitrogens is 2. The second-order valence-corrected chi connectivity index (χ2v) is 3.93. The maximum Gasteiger partial charge on any atom is 0.0886 e. The Kier molecular flexibility index (Phi) is 2.29. The Labute approximate surface area is 90.7 Å². The van der Waals surface area contributed by atoms with Crippen LogP contribution in [0.4, 0.5) is 5.69 Å².